The van der Waals surface area contributed by atoms with Crippen LogP contribution in [0.5, 0.6) is 0 Å². The number of ether oxygens (including phenoxy) is 1. The van der Waals surface area contributed by atoms with Gasteiger partial charge in [0.1, 0.15) is 5.76 Å². The van der Waals surface area contributed by atoms with Gasteiger partial charge in [0, 0.05) is 25.3 Å². The van der Waals surface area contributed by atoms with Crippen molar-refractivity contribution in [2.75, 3.05) is 20.3 Å². The van der Waals surface area contributed by atoms with E-state index in [9.17, 15) is 0 Å². The lowest BCUT2D eigenvalue weighted by atomic mass is 9.98. The lowest BCUT2D eigenvalue weighted by Crippen LogP contribution is -2.45. The molecule has 0 bridgehead atoms. The van der Waals surface area contributed by atoms with E-state index in [2.05, 4.69) is 18.9 Å². The summed E-state index contributed by atoms with van der Waals surface area (Å²) in [5, 5.41) is 0. The van der Waals surface area contributed by atoms with Crippen LogP contribution < -0.4 is 5.73 Å². The van der Waals surface area contributed by atoms with Crippen LogP contribution in [0.3, 0.4) is 0 Å². The Morgan fingerprint density at radius 1 is 1.44 bits per heavy atom. The van der Waals surface area contributed by atoms with Crippen LogP contribution in [0.1, 0.15) is 38.0 Å². The first-order chi connectivity index (χ1) is 8.74. The van der Waals surface area contributed by atoms with E-state index in [-0.39, 0.29) is 12.1 Å². The van der Waals surface area contributed by atoms with Gasteiger partial charge in [0.2, 0.25) is 0 Å². The predicted molar refractivity (Wildman–Crippen MR) is 71.3 cm³/mol. The summed E-state index contributed by atoms with van der Waals surface area (Å²) in [6.07, 6.45) is 4.82. The Morgan fingerprint density at radius 3 is 2.72 bits per heavy atom. The van der Waals surface area contributed by atoms with Crippen LogP contribution in [0.15, 0.2) is 22.8 Å². The molecule has 0 radical (unpaired) electrons. The van der Waals surface area contributed by atoms with Crippen LogP contribution in [0, 0.1) is 0 Å². The molecule has 1 saturated heterocycles. The molecule has 0 spiro atoms. The molecule has 1 fully saturated rings. The van der Waals surface area contributed by atoms with E-state index in [4.69, 9.17) is 14.9 Å². The van der Waals surface area contributed by atoms with Crippen molar-refractivity contribution in [3.8, 4) is 0 Å². The standard InChI is InChI=1S/C14H24N2O2/c1-3-12(15)14(13-5-4-8-18-13)16(2)11-6-9-17-10-7-11/h4-5,8,11-12,14H,3,6-7,9-10,15H2,1-2H3. The van der Waals surface area contributed by atoms with Gasteiger partial charge in [-0.25, -0.2) is 0 Å². The van der Waals surface area contributed by atoms with Crippen molar-refractivity contribution in [2.45, 2.75) is 44.3 Å². The minimum atomic E-state index is 0.101. The van der Waals surface area contributed by atoms with Gasteiger partial charge < -0.3 is 14.9 Å². The fourth-order valence-corrected chi connectivity index (χ4v) is 2.72. The second kappa shape index (κ2) is 6.36. The largest absolute Gasteiger partial charge is 0.468 e. The SMILES string of the molecule is CCC(N)C(c1ccco1)N(C)C1CCOCC1. The van der Waals surface area contributed by atoms with Crippen molar-refractivity contribution in [3.63, 3.8) is 0 Å². The van der Waals surface area contributed by atoms with E-state index in [0.29, 0.717) is 6.04 Å². The summed E-state index contributed by atoms with van der Waals surface area (Å²) in [5.74, 6) is 0.971. The highest BCUT2D eigenvalue weighted by Gasteiger charge is 2.31. The van der Waals surface area contributed by atoms with Gasteiger partial charge in [-0.3, -0.25) is 4.90 Å². The summed E-state index contributed by atoms with van der Waals surface area (Å²) in [6, 6.07) is 4.75. The molecule has 1 aliphatic heterocycles. The van der Waals surface area contributed by atoms with Crippen LogP contribution >= 0.6 is 0 Å². The zero-order valence-electron chi connectivity index (χ0n) is 11.3. The summed E-state index contributed by atoms with van der Waals surface area (Å²) in [7, 11) is 2.15. The van der Waals surface area contributed by atoms with Gasteiger partial charge in [0.05, 0.1) is 12.3 Å². The van der Waals surface area contributed by atoms with E-state index in [1.165, 1.54) is 0 Å². The monoisotopic (exact) mass is 252 g/mol. The van der Waals surface area contributed by atoms with Crippen molar-refractivity contribution in [2.24, 2.45) is 5.73 Å². The first-order valence-electron chi connectivity index (χ1n) is 6.82. The summed E-state index contributed by atoms with van der Waals surface area (Å²) < 4.78 is 11.0. The molecule has 2 N–H and O–H groups in total. The van der Waals surface area contributed by atoms with E-state index >= 15 is 0 Å². The Bertz CT molecular complexity index is 334. The smallest absolute Gasteiger partial charge is 0.122 e. The highest BCUT2D eigenvalue weighted by molar-refractivity contribution is 5.08. The maximum Gasteiger partial charge on any atom is 0.122 e. The molecule has 0 amide bonds. The molecule has 1 aromatic heterocycles. The van der Waals surface area contributed by atoms with Crippen LogP contribution in [0.25, 0.3) is 0 Å². The number of hydrogen-bond donors (Lipinski definition) is 1. The summed E-state index contributed by atoms with van der Waals surface area (Å²) in [6.45, 7) is 3.82. The highest BCUT2D eigenvalue weighted by Crippen LogP contribution is 2.28. The maximum atomic E-state index is 6.28. The van der Waals surface area contributed by atoms with Gasteiger partial charge in [-0.15, -0.1) is 0 Å². The number of rotatable bonds is 5. The van der Waals surface area contributed by atoms with Crippen molar-refractivity contribution in [1.82, 2.24) is 4.90 Å². The molecule has 1 aromatic rings. The van der Waals surface area contributed by atoms with Gasteiger partial charge in [-0.2, -0.15) is 0 Å². The molecule has 102 valence electrons. The number of furan rings is 1. The number of hydrogen-bond acceptors (Lipinski definition) is 4. The molecule has 2 atom stereocenters. The van der Waals surface area contributed by atoms with Gasteiger partial charge in [0.25, 0.3) is 0 Å². The van der Waals surface area contributed by atoms with E-state index in [1.807, 2.05) is 12.1 Å². The zero-order valence-corrected chi connectivity index (χ0v) is 11.3. The first-order valence-corrected chi connectivity index (χ1v) is 6.82. The molecule has 0 saturated carbocycles. The predicted octanol–water partition coefficient (Wildman–Crippen LogP) is 2.17. The van der Waals surface area contributed by atoms with E-state index in [0.717, 1.165) is 38.2 Å². The van der Waals surface area contributed by atoms with Crippen LogP contribution in [0.2, 0.25) is 0 Å². The van der Waals surface area contributed by atoms with Gasteiger partial charge in [0.15, 0.2) is 0 Å². The van der Waals surface area contributed by atoms with Gasteiger partial charge in [-0.05, 0) is 38.4 Å². The van der Waals surface area contributed by atoms with Crippen LogP contribution in [-0.2, 0) is 4.74 Å². The molecule has 2 heterocycles. The zero-order chi connectivity index (χ0) is 13.0. The molecular formula is C14H24N2O2. The maximum absolute atomic E-state index is 6.28. The van der Waals surface area contributed by atoms with E-state index in [1.54, 1.807) is 6.26 Å². The molecule has 0 aromatic carbocycles. The number of nitrogens with two attached hydrogens (primary N) is 1. The summed E-state index contributed by atoms with van der Waals surface area (Å²) in [5.41, 5.74) is 6.28. The average molecular weight is 252 g/mol. The number of nitrogens with zero attached hydrogens (tertiary/aromatic N) is 1. The highest BCUT2D eigenvalue weighted by atomic mass is 16.5. The van der Waals surface area contributed by atoms with Gasteiger partial charge >= 0.3 is 0 Å². The minimum Gasteiger partial charge on any atom is -0.468 e. The Kier molecular flexibility index (Phi) is 4.80. The Hall–Kier alpha value is -0.840. The average Bonchev–Trinajstić information content (AvgIpc) is 2.93. The normalized spacial score (nSPS) is 21.1. The topological polar surface area (TPSA) is 51.6 Å². The Labute approximate surface area is 109 Å². The Morgan fingerprint density at radius 2 is 2.17 bits per heavy atom. The second-order valence-electron chi connectivity index (χ2n) is 5.04. The second-order valence-corrected chi connectivity index (χ2v) is 5.04. The third-order valence-electron chi connectivity index (χ3n) is 3.92. The van der Waals surface area contributed by atoms with Crippen molar-refractivity contribution >= 4 is 0 Å². The third-order valence-corrected chi connectivity index (χ3v) is 3.92. The first kappa shape index (κ1) is 13.6. The van der Waals surface area contributed by atoms with Crippen LogP contribution in [-0.4, -0.2) is 37.2 Å². The quantitative estimate of drug-likeness (QED) is 0.872. The van der Waals surface area contributed by atoms with Gasteiger partial charge in [-0.1, -0.05) is 6.92 Å². The molecule has 2 rings (SSSR count). The van der Waals surface area contributed by atoms with E-state index < -0.39 is 0 Å². The van der Waals surface area contributed by atoms with Crippen molar-refractivity contribution in [3.05, 3.63) is 24.2 Å². The van der Waals surface area contributed by atoms with Crippen LogP contribution in [0.4, 0.5) is 0 Å². The third kappa shape index (κ3) is 2.94. The lowest BCUT2D eigenvalue weighted by molar-refractivity contribution is 0.0192. The Balaban J connectivity index is 2.12. The molecule has 1 aliphatic rings. The fourth-order valence-electron chi connectivity index (χ4n) is 2.72. The molecule has 4 nitrogen and oxygen atoms in total. The molecule has 2 unspecified atom stereocenters. The summed E-state index contributed by atoms with van der Waals surface area (Å²) >= 11 is 0. The molecule has 18 heavy (non-hydrogen) atoms. The fraction of sp³-hybridized carbons (Fsp3) is 0.714. The molecule has 0 aliphatic carbocycles. The summed E-state index contributed by atoms with van der Waals surface area (Å²) in [4.78, 5) is 2.37. The molecular weight excluding hydrogens is 228 g/mol. The van der Waals surface area contributed by atoms with Crippen molar-refractivity contribution in [1.29, 1.82) is 0 Å². The lowest BCUT2D eigenvalue weighted by Gasteiger charge is -2.38. The molecule has 4 heteroatoms. The minimum absolute atomic E-state index is 0.101. The van der Waals surface area contributed by atoms with Crippen molar-refractivity contribution < 1.29 is 9.15 Å². The number of likely N-dealkylation sites (N-methyl/N-ethyl adjacent to an activating group) is 1.